The molecular formula is C15H22N2O4. The molecule has 0 aliphatic rings. The van der Waals surface area contributed by atoms with Crippen LogP contribution < -0.4 is 11.5 Å². The van der Waals surface area contributed by atoms with Gasteiger partial charge in [0, 0.05) is 11.8 Å². The zero-order valence-electron chi connectivity index (χ0n) is 12.6. The molecule has 0 aliphatic carbocycles. The molecule has 6 heteroatoms. The van der Waals surface area contributed by atoms with Gasteiger partial charge in [0.05, 0.1) is 0 Å². The Labute approximate surface area is 124 Å². The first-order valence-electron chi connectivity index (χ1n) is 6.61. The van der Waals surface area contributed by atoms with E-state index >= 15 is 0 Å². The van der Waals surface area contributed by atoms with Gasteiger partial charge in [0.15, 0.2) is 5.60 Å². The fourth-order valence-electron chi connectivity index (χ4n) is 2.06. The van der Waals surface area contributed by atoms with Crippen molar-refractivity contribution in [3.63, 3.8) is 0 Å². The average Bonchev–Trinajstić information content (AvgIpc) is 2.35. The van der Waals surface area contributed by atoms with Crippen LogP contribution in [0.3, 0.4) is 0 Å². The summed E-state index contributed by atoms with van der Waals surface area (Å²) < 4.78 is 10.3. The third-order valence-electron chi connectivity index (χ3n) is 3.44. The molecule has 1 rings (SSSR count). The van der Waals surface area contributed by atoms with E-state index < -0.39 is 23.2 Å². The minimum atomic E-state index is -1.10. The van der Waals surface area contributed by atoms with E-state index in [9.17, 15) is 9.59 Å². The highest BCUT2D eigenvalue weighted by molar-refractivity contribution is 5.66. The molecule has 0 saturated heterocycles. The number of nitrogens with two attached hydrogens (primary N) is 2. The van der Waals surface area contributed by atoms with Crippen molar-refractivity contribution in [2.45, 2.75) is 32.8 Å². The standard InChI is InChI=1S/C15H22N2O4/c1-14(2,3)15(21-13(17)19,10-20-12(16)18)9-11-7-5-4-6-8-11/h4-8H,9-10H2,1-3H3,(H2,16,18)(H2,17,19). The molecule has 0 fully saturated rings. The highest BCUT2D eigenvalue weighted by Crippen LogP contribution is 2.37. The van der Waals surface area contributed by atoms with Crippen LogP contribution in [0.2, 0.25) is 0 Å². The Bertz CT molecular complexity index is 496. The molecule has 2 amide bonds. The first kappa shape index (κ1) is 16.8. The number of hydrogen-bond donors (Lipinski definition) is 2. The van der Waals surface area contributed by atoms with Crippen LogP contribution in [0, 0.1) is 5.41 Å². The van der Waals surface area contributed by atoms with Crippen LogP contribution in [0.15, 0.2) is 30.3 Å². The minimum absolute atomic E-state index is 0.163. The first-order valence-corrected chi connectivity index (χ1v) is 6.61. The number of rotatable bonds is 5. The van der Waals surface area contributed by atoms with Gasteiger partial charge in [0.25, 0.3) is 0 Å². The summed E-state index contributed by atoms with van der Waals surface area (Å²) in [5.74, 6) is 0. The van der Waals surface area contributed by atoms with Gasteiger partial charge in [0.2, 0.25) is 0 Å². The lowest BCUT2D eigenvalue weighted by Gasteiger charge is -2.42. The van der Waals surface area contributed by atoms with E-state index in [2.05, 4.69) is 0 Å². The van der Waals surface area contributed by atoms with Crippen LogP contribution >= 0.6 is 0 Å². The van der Waals surface area contributed by atoms with E-state index in [-0.39, 0.29) is 6.61 Å². The number of amides is 2. The Hall–Kier alpha value is -2.24. The Kier molecular flexibility index (Phi) is 5.18. The van der Waals surface area contributed by atoms with Gasteiger partial charge in [-0.3, -0.25) is 0 Å². The fourth-order valence-corrected chi connectivity index (χ4v) is 2.06. The van der Waals surface area contributed by atoms with E-state index in [0.717, 1.165) is 5.56 Å². The quantitative estimate of drug-likeness (QED) is 0.868. The van der Waals surface area contributed by atoms with Gasteiger partial charge < -0.3 is 20.9 Å². The second-order valence-corrected chi connectivity index (χ2v) is 5.94. The number of benzene rings is 1. The SMILES string of the molecule is CC(C)(C)C(COC(N)=O)(Cc1ccccc1)OC(N)=O. The van der Waals surface area contributed by atoms with Crippen LogP contribution in [-0.2, 0) is 15.9 Å². The number of carbonyl (C=O) groups excluding carboxylic acids is 2. The van der Waals surface area contributed by atoms with Crippen molar-refractivity contribution < 1.29 is 19.1 Å². The summed E-state index contributed by atoms with van der Waals surface area (Å²) in [4.78, 5) is 22.3. The molecule has 0 aliphatic heterocycles. The van der Waals surface area contributed by atoms with Crippen molar-refractivity contribution in [3.8, 4) is 0 Å². The van der Waals surface area contributed by atoms with E-state index in [1.54, 1.807) is 0 Å². The molecule has 6 nitrogen and oxygen atoms in total. The Balaban J connectivity index is 3.15. The Morgan fingerprint density at radius 1 is 1.05 bits per heavy atom. The lowest BCUT2D eigenvalue weighted by Crippen LogP contribution is -2.54. The zero-order chi connectivity index (χ0) is 16.1. The molecule has 0 heterocycles. The maximum absolute atomic E-state index is 11.3. The van der Waals surface area contributed by atoms with Crippen molar-refractivity contribution >= 4 is 12.2 Å². The van der Waals surface area contributed by atoms with Crippen molar-refractivity contribution in [3.05, 3.63) is 35.9 Å². The molecule has 1 atom stereocenters. The average molecular weight is 294 g/mol. The van der Waals surface area contributed by atoms with E-state index in [0.29, 0.717) is 6.42 Å². The van der Waals surface area contributed by atoms with Gasteiger partial charge in [-0.25, -0.2) is 9.59 Å². The first-order chi connectivity index (χ1) is 9.66. The molecule has 1 aromatic carbocycles. The maximum atomic E-state index is 11.3. The molecule has 0 aromatic heterocycles. The van der Waals surface area contributed by atoms with Crippen LogP contribution in [0.1, 0.15) is 26.3 Å². The normalized spacial score (nSPS) is 14.0. The van der Waals surface area contributed by atoms with E-state index in [1.165, 1.54) is 0 Å². The van der Waals surface area contributed by atoms with Gasteiger partial charge in [-0.15, -0.1) is 0 Å². The third-order valence-corrected chi connectivity index (χ3v) is 3.44. The summed E-state index contributed by atoms with van der Waals surface area (Å²) in [6.07, 6.45) is -1.49. The molecule has 0 radical (unpaired) electrons. The van der Waals surface area contributed by atoms with Crippen LogP contribution in [0.25, 0.3) is 0 Å². The summed E-state index contributed by atoms with van der Waals surface area (Å²) in [7, 11) is 0. The number of ether oxygens (including phenoxy) is 2. The lowest BCUT2D eigenvalue weighted by molar-refractivity contribution is -0.0986. The smallest absolute Gasteiger partial charge is 0.405 e. The highest BCUT2D eigenvalue weighted by atomic mass is 16.6. The van der Waals surface area contributed by atoms with Crippen molar-refractivity contribution in [2.75, 3.05) is 6.61 Å². The van der Waals surface area contributed by atoms with Gasteiger partial charge in [0.1, 0.15) is 6.61 Å². The number of hydrogen-bond acceptors (Lipinski definition) is 4. The van der Waals surface area contributed by atoms with Gasteiger partial charge in [-0.05, 0) is 5.56 Å². The Morgan fingerprint density at radius 3 is 2.05 bits per heavy atom. The van der Waals surface area contributed by atoms with Crippen LogP contribution in [0.4, 0.5) is 9.59 Å². The summed E-state index contributed by atoms with van der Waals surface area (Å²) >= 11 is 0. The van der Waals surface area contributed by atoms with Gasteiger partial charge in [-0.2, -0.15) is 0 Å². The molecular weight excluding hydrogens is 272 g/mol. The topological polar surface area (TPSA) is 105 Å². The summed E-state index contributed by atoms with van der Waals surface area (Å²) in [6.45, 7) is 5.47. The Morgan fingerprint density at radius 2 is 1.62 bits per heavy atom. The molecule has 4 N–H and O–H groups in total. The molecule has 21 heavy (non-hydrogen) atoms. The summed E-state index contributed by atoms with van der Waals surface area (Å²) in [6, 6.07) is 9.44. The largest absolute Gasteiger partial charge is 0.445 e. The molecule has 116 valence electrons. The molecule has 1 aromatic rings. The minimum Gasteiger partial charge on any atom is -0.445 e. The molecule has 0 spiro atoms. The molecule has 0 saturated carbocycles. The predicted molar refractivity (Wildman–Crippen MR) is 78.5 cm³/mol. The van der Waals surface area contributed by atoms with Crippen molar-refractivity contribution in [2.24, 2.45) is 16.9 Å². The monoisotopic (exact) mass is 294 g/mol. The molecule has 0 bridgehead atoms. The highest BCUT2D eigenvalue weighted by Gasteiger charge is 2.46. The van der Waals surface area contributed by atoms with Gasteiger partial charge >= 0.3 is 12.2 Å². The van der Waals surface area contributed by atoms with E-state index in [4.69, 9.17) is 20.9 Å². The lowest BCUT2D eigenvalue weighted by atomic mass is 9.73. The molecule has 1 unspecified atom stereocenters. The summed E-state index contributed by atoms with van der Waals surface area (Å²) in [5.41, 5.74) is 9.55. The second-order valence-electron chi connectivity index (χ2n) is 5.94. The van der Waals surface area contributed by atoms with Crippen LogP contribution in [0.5, 0.6) is 0 Å². The third kappa shape index (κ3) is 4.66. The number of carbonyl (C=O) groups is 2. The van der Waals surface area contributed by atoms with Crippen molar-refractivity contribution in [1.82, 2.24) is 0 Å². The number of primary amides is 2. The second kappa shape index (κ2) is 6.47. The fraction of sp³-hybridized carbons (Fsp3) is 0.467. The maximum Gasteiger partial charge on any atom is 0.405 e. The van der Waals surface area contributed by atoms with Crippen molar-refractivity contribution in [1.29, 1.82) is 0 Å². The van der Waals surface area contributed by atoms with Gasteiger partial charge in [-0.1, -0.05) is 51.1 Å². The van der Waals surface area contributed by atoms with Crippen LogP contribution in [-0.4, -0.2) is 24.4 Å². The zero-order valence-corrected chi connectivity index (χ0v) is 12.6. The summed E-state index contributed by atoms with van der Waals surface area (Å²) in [5, 5.41) is 0. The predicted octanol–water partition coefficient (Wildman–Crippen LogP) is 2.20. The van der Waals surface area contributed by atoms with E-state index in [1.807, 2.05) is 51.1 Å².